The molecule has 1 aliphatic carbocycles. The third-order valence-corrected chi connectivity index (χ3v) is 5.94. The summed E-state index contributed by atoms with van der Waals surface area (Å²) in [4.78, 5) is 14.9. The summed E-state index contributed by atoms with van der Waals surface area (Å²) in [5.74, 6) is 0.635. The molecular formula is C16H23N3O2. The SMILES string of the molecule is CC[C@]1(CO)C[C@H]2CC[C@@H]1N2C(=O)c1cc(C2CC2)[nH]n1. The van der Waals surface area contributed by atoms with Crippen molar-refractivity contribution >= 4 is 5.91 Å². The van der Waals surface area contributed by atoms with Crippen LogP contribution >= 0.6 is 0 Å². The van der Waals surface area contributed by atoms with Crippen LogP contribution in [0.5, 0.6) is 0 Å². The van der Waals surface area contributed by atoms with Crippen molar-refractivity contribution in [2.75, 3.05) is 6.61 Å². The molecule has 1 aromatic rings. The minimum Gasteiger partial charge on any atom is -0.396 e. The molecule has 3 atom stereocenters. The van der Waals surface area contributed by atoms with Crippen molar-refractivity contribution in [3.05, 3.63) is 17.5 Å². The first kappa shape index (κ1) is 13.3. The van der Waals surface area contributed by atoms with Crippen LogP contribution in [-0.4, -0.2) is 44.8 Å². The molecule has 5 heteroatoms. The van der Waals surface area contributed by atoms with Crippen LogP contribution in [0.25, 0.3) is 0 Å². The molecule has 1 amide bonds. The standard InChI is InChI=1S/C16H23N3O2/c1-2-16(9-20)8-11-5-6-14(16)19(11)15(21)13-7-12(17-18-13)10-3-4-10/h7,10-11,14,20H,2-6,8-9H2,1H3,(H,17,18)/t11-,14+,16-/m1/s1. The lowest BCUT2D eigenvalue weighted by atomic mass is 9.72. The molecule has 0 spiro atoms. The van der Waals surface area contributed by atoms with Gasteiger partial charge in [0, 0.05) is 29.1 Å². The number of aliphatic hydroxyl groups excluding tert-OH is 1. The van der Waals surface area contributed by atoms with Crippen LogP contribution in [0, 0.1) is 5.41 Å². The van der Waals surface area contributed by atoms with Crippen molar-refractivity contribution < 1.29 is 9.90 Å². The molecule has 114 valence electrons. The van der Waals surface area contributed by atoms with Gasteiger partial charge in [0.25, 0.3) is 5.91 Å². The van der Waals surface area contributed by atoms with Crippen molar-refractivity contribution in [3.63, 3.8) is 0 Å². The molecule has 3 fully saturated rings. The number of H-pyrrole nitrogens is 1. The van der Waals surface area contributed by atoms with Crippen molar-refractivity contribution in [2.45, 2.75) is 63.5 Å². The van der Waals surface area contributed by atoms with Gasteiger partial charge in [-0.2, -0.15) is 5.10 Å². The Bertz CT molecular complexity index is 560. The van der Waals surface area contributed by atoms with E-state index in [2.05, 4.69) is 17.1 Å². The first-order valence-electron chi connectivity index (χ1n) is 8.17. The molecule has 21 heavy (non-hydrogen) atoms. The van der Waals surface area contributed by atoms with Crippen LogP contribution < -0.4 is 0 Å². The zero-order valence-electron chi connectivity index (χ0n) is 12.5. The molecule has 0 unspecified atom stereocenters. The zero-order chi connectivity index (χ0) is 14.6. The average molecular weight is 289 g/mol. The predicted octanol–water partition coefficient (Wildman–Crippen LogP) is 2.05. The summed E-state index contributed by atoms with van der Waals surface area (Å²) in [7, 11) is 0. The van der Waals surface area contributed by atoms with Crippen molar-refractivity contribution in [3.8, 4) is 0 Å². The lowest BCUT2D eigenvalue weighted by Crippen LogP contribution is -2.42. The third-order valence-electron chi connectivity index (χ3n) is 5.94. The molecule has 4 rings (SSSR count). The number of hydrogen-bond acceptors (Lipinski definition) is 3. The number of amides is 1. The quantitative estimate of drug-likeness (QED) is 0.891. The van der Waals surface area contributed by atoms with E-state index in [-0.39, 0.29) is 30.0 Å². The molecule has 5 nitrogen and oxygen atoms in total. The van der Waals surface area contributed by atoms with E-state index >= 15 is 0 Å². The summed E-state index contributed by atoms with van der Waals surface area (Å²) in [6, 6.07) is 2.41. The normalized spacial score (nSPS) is 34.7. The molecular weight excluding hydrogens is 266 g/mol. The van der Waals surface area contributed by atoms with Crippen LogP contribution in [0.3, 0.4) is 0 Å². The fourth-order valence-electron chi connectivity index (χ4n) is 4.44. The van der Waals surface area contributed by atoms with Gasteiger partial charge in [-0.15, -0.1) is 0 Å². The van der Waals surface area contributed by atoms with Gasteiger partial charge in [0.05, 0.1) is 6.61 Å². The smallest absolute Gasteiger partial charge is 0.274 e. The number of carbonyl (C=O) groups is 1. The van der Waals surface area contributed by atoms with Gasteiger partial charge in [-0.3, -0.25) is 9.89 Å². The molecule has 2 aliphatic heterocycles. The maximum Gasteiger partial charge on any atom is 0.274 e. The van der Waals surface area contributed by atoms with Gasteiger partial charge in [0.1, 0.15) is 5.69 Å². The Morgan fingerprint density at radius 3 is 2.90 bits per heavy atom. The average Bonchev–Trinajstić information content (AvgIpc) is 3.01. The van der Waals surface area contributed by atoms with Gasteiger partial charge < -0.3 is 10.0 Å². The predicted molar refractivity (Wildman–Crippen MR) is 78.0 cm³/mol. The summed E-state index contributed by atoms with van der Waals surface area (Å²) in [6.45, 7) is 2.31. The molecule has 2 N–H and O–H groups in total. The lowest BCUT2D eigenvalue weighted by molar-refractivity contribution is 0.0552. The minimum absolute atomic E-state index is 0.0504. The number of aromatic amines is 1. The van der Waals surface area contributed by atoms with Crippen molar-refractivity contribution in [2.24, 2.45) is 5.41 Å². The highest BCUT2D eigenvalue weighted by Gasteiger charge is 2.56. The van der Waals surface area contributed by atoms with Gasteiger partial charge in [-0.1, -0.05) is 6.92 Å². The van der Waals surface area contributed by atoms with Crippen LogP contribution in [0.4, 0.5) is 0 Å². The Morgan fingerprint density at radius 1 is 1.48 bits per heavy atom. The largest absolute Gasteiger partial charge is 0.396 e. The molecule has 0 aromatic carbocycles. The van der Waals surface area contributed by atoms with E-state index in [1.165, 1.54) is 12.8 Å². The third kappa shape index (κ3) is 1.86. The fraction of sp³-hybridized carbons (Fsp3) is 0.750. The zero-order valence-corrected chi connectivity index (χ0v) is 12.5. The first-order valence-corrected chi connectivity index (χ1v) is 8.17. The molecule has 3 aliphatic rings. The van der Waals surface area contributed by atoms with Gasteiger partial charge in [-0.05, 0) is 44.6 Å². The van der Waals surface area contributed by atoms with E-state index in [1.54, 1.807) is 0 Å². The van der Waals surface area contributed by atoms with Gasteiger partial charge >= 0.3 is 0 Å². The molecule has 1 saturated carbocycles. The fourth-order valence-corrected chi connectivity index (χ4v) is 4.44. The van der Waals surface area contributed by atoms with E-state index in [0.717, 1.165) is 31.4 Å². The summed E-state index contributed by atoms with van der Waals surface area (Å²) in [5, 5.41) is 17.1. The number of nitrogens with zero attached hydrogens (tertiary/aromatic N) is 2. The summed E-state index contributed by atoms with van der Waals surface area (Å²) in [5.41, 5.74) is 1.57. The van der Waals surface area contributed by atoms with E-state index in [9.17, 15) is 9.90 Å². The number of fused-ring (bicyclic) bond motifs is 2. The second-order valence-electron chi connectivity index (χ2n) is 7.02. The van der Waals surface area contributed by atoms with E-state index in [4.69, 9.17) is 0 Å². The summed E-state index contributed by atoms with van der Waals surface area (Å²) >= 11 is 0. The molecule has 2 saturated heterocycles. The highest BCUT2D eigenvalue weighted by molar-refractivity contribution is 5.93. The number of aromatic nitrogens is 2. The monoisotopic (exact) mass is 289 g/mol. The second-order valence-corrected chi connectivity index (χ2v) is 7.02. The molecule has 2 bridgehead atoms. The van der Waals surface area contributed by atoms with Gasteiger partial charge in [-0.25, -0.2) is 0 Å². The Balaban J connectivity index is 1.59. The maximum absolute atomic E-state index is 12.8. The van der Waals surface area contributed by atoms with Gasteiger partial charge in [0.2, 0.25) is 0 Å². The number of rotatable bonds is 4. The van der Waals surface area contributed by atoms with Crippen LogP contribution in [0.2, 0.25) is 0 Å². The lowest BCUT2D eigenvalue weighted by Gasteiger charge is -2.34. The maximum atomic E-state index is 12.8. The van der Waals surface area contributed by atoms with Crippen molar-refractivity contribution in [1.29, 1.82) is 0 Å². The second kappa shape index (κ2) is 4.57. The highest BCUT2D eigenvalue weighted by atomic mass is 16.3. The van der Waals surface area contributed by atoms with Gasteiger partial charge in [0.15, 0.2) is 0 Å². The summed E-state index contributed by atoms with van der Waals surface area (Å²) in [6.07, 6.45) is 6.36. The van der Waals surface area contributed by atoms with E-state index in [0.29, 0.717) is 11.6 Å². The minimum atomic E-state index is -0.0891. The molecule has 3 heterocycles. The topological polar surface area (TPSA) is 69.2 Å². The number of aliphatic hydroxyl groups is 1. The van der Waals surface area contributed by atoms with E-state index in [1.807, 2.05) is 11.0 Å². The summed E-state index contributed by atoms with van der Waals surface area (Å²) < 4.78 is 0. The highest BCUT2D eigenvalue weighted by Crippen LogP contribution is 2.51. The van der Waals surface area contributed by atoms with E-state index < -0.39 is 0 Å². The number of carbonyl (C=O) groups excluding carboxylic acids is 1. The van der Waals surface area contributed by atoms with Crippen LogP contribution in [0.15, 0.2) is 6.07 Å². The first-order chi connectivity index (χ1) is 10.2. The Kier molecular flexibility index (Phi) is 2.89. The Hall–Kier alpha value is -1.36. The molecule has 0 radical (unpaired) electrons. The van der Waals surface area contributed by atoms with Crippen LogP contribution in [0.1, 0.15) is 67.5 Å². The molecule has 1 aromatic heterocycles. The number of hydrogen-bond donors (Lipinski definition) is 2. The van der Waals surface area contributed by atoms with Crippen molar-refractivity contribution in [1.82, 2.24) is 15.1 Å². The van der Waals surface area contributed by atoms with Crippen LogP contribution in [-0.2, 0) is 0 Å². The Labute approximate surface area is 124 Å². The Morgan fingerprint density at radius 2 is 2.29 bits per heavy atom. The number of nitrogens with one attached hydrogen (secondary N) is 1.